The van der Waals surface area contributed by atoms with E-state index in [1.54, 1.807) is 30.3 Å². The molecule has 2 aromatic carbocycles. The molecule has 0 saturated carbocycles. The zero-order valence-corrected chi connectivity index (χ0v) is 19.1. The van der Waals surface area contributed by atoms with Crippen molar-refractivity contribution < 1.29 is 22.8 Å². The fourth-order valence-corrected chi connectivity index (χ4v) is 5.23. The molecule has 1 heterocycles. The van der Waals surface area contributed by atoms with Gasteiger partial charge >= 0.3 is 0 Å². The number of sulfonamides is 1. The van der Waals surface area contributed by atoms with Crippen molar-refractivity contribution in [2.24, 2.45) is 11.8 Å². The number of carbonyl (C=O) groups is 3. The molecule has 1 aliphatic heterocycles. The topological polar surface area (TPSA) is 113 Å². The number of hydrogen-bond donors (Lipinski definition) is 2. The number of fused-ring (bicyclic) bond motifs is 1. The molecule has 1 aliphatic carbocycles. The molecule has 0 bridgehead atoms. The van der Waals surface area contributed by atoms with Gasteiger partial charge in [0, 0.05) is 29.4 Å². The molecule has 33 heavy (non-hydrogen) atoms. The van der Waals surface area contributed by atoms with Crippen LogP contribution >= 0.6 is 11.6 Å². The molecular formula is C23H22ClN3O5S. The van der Waals surface area contributed by atoms with E-state index in [-0.39, 0.29) is 47.2 Å². The van der Waals surface area contributed by atoms with Crippen LogP contribution < -0.4 is 10.0 Å². The van der Waals surface area contributed by atoms with Crippen LogP contribution in [0.3, 0.4) is 0 Å². The number of likely N-dealkylation sites (tertiary alicyclic amines) is 1. The van der Waals surface area contributed by atoms with Crippen LogP contribution in [0, 0.1) is 11.8 Å². The number of carbonyl (C=O) groups excluding carboxylic acids is 3. The smallest absolute Gasteiger partial charge is 0.261 e. The molecule has 2 N–H and O–H groups in total. The summed E-state index contributed by atoms with van der Waals surface area (Å²) in [5, 5.41) is 3.11. The lowest BCUT2D eigenvalue weighted by Crippen LogP contribution is -2.34. The van der Waals surface area contributed by atoms with E-state index in [4.69, 9.17) is 11.6 Å². The van der Waals surface area contributed by atoms with Gasteiger partial charge in [0.05, 0.1) is 16.7 Å². The normalized spacial score (nSPS) is 20.0. The molecule has 8 nitrogen and oxygen atoms in total. The molecule has 0 spiro atoms. The number of nitrogens with one attached hydrogen (secondary N) is 2. The van der Waals surface area contributed by atoms with E-state index in [0.29, 0.717) is 23.6 Å². The predicted molar refractivity (Wildman–Crippen MR) is 124 cm³/mol. The van der Waals surface area contributed by atoms with E-state index in [1.165, 1.54) is 23.1 Å². The maximum absolute atomic E-state index is 12.7. The first-order valence-corrected chi connectivity index (χ1v) is 12.3. The fourth-order valence-electron chi connectivity index (χ4n) is 4.00. The minimum Gasteiger partial charge on any atom is -0.326 e. The molecule has 2 unspecified atom stereocenters. The van der Waals surface area contributed by atoms with Gasteiger partial charge in [0.2, 0.25) is 17.7 Å². The van der Waals surface area contributed by atoms with Gasteiger partial charge in [0.15, 0.2) is 0 Å². The molecule has 0 radical (unpaired) electrons. The second kappa shape index (κ2) is 9.36. The Bertz CT molecular complexity index is 1200. The van der Waals surface area contributed by atoms with Gasteiger partial charge < -0.3 is 5.32 Å². The van der Waals surface area contributed by atoms with Gasteiger partial charge in [-0.1, -0.05) is 29.8 Å². The zero-order valence-electron chi connectivity index (χ0n) is 17.5. The van der Waals surface area contributed by atoms with Gasteiger partial charge in [0.25, 0.3) is 10.0 Å². The molecule has 4 rings (SSSR count). The Hall–Kier alpha value is -3.17. The Morgan fingerprint density at radius 1 is 0.970 bits per heavy atom. The molecule has 0 aromatic heterocycles. The number of benzene rings is 2. The Labute approximate surface area is 196 Å². The summed E-state index contributed by atoms with van der Waals surface area (Å²) in [6.45, 7) is -0.00733. The SMILES string of the molecule is O=C(CCN1C(=O)C2CC=CCC2C1=O)Nc1cccc(S(=O)(=O)Nc2ccc(Cl)cc2)c1. The standard InChI is InChI=1S/C23H22ClN3O5S/c24-15-8-10-16(11-9-15)26-33(31,32)18-5-3-4-17(14-18)25-21(28)12-13-27-22(29)19-6-1-2-7-20(19)23(27)30/h1-5,8-11,14,19-20,26H,6-7,12-13H2,(H,25,28). The van der Waals surface area contributed by atoms with Crippen LogP contribution in [0.15, 0.2) is 65.6 Å². The van der Waals surface area contributed by atoms with Crippen LogP contribution in [0.5, 0.6) is 0 Å². The van der Waals surface area contributed by atoms with Gasteiger partial charge in [-0.05, 0) is 55.3 Å². The average Bonchev–Trinajstić information content (AvgIpc) is 3.04. The van der Waals surface area contributed by atoms with Crippen LogP contribution in [-0.4, -0.2) is 37.6 Å². The number of halogens is 1. The van der Waals surface area contributed by atoms with Crippen molar-refractivity contribution in [3.05, 3.63) is 65.7 Å². The minimum atomic E-state index is -3.88. The third-order valence-corrected chi connectivity index (χ3v) is 7.32. The van der Waals surface area contributed by atoms with E-state index < -0.39 is 15.9 Å². The van der Waals surface area contributed by atoms with Gasteiger partial charge in [-0.2, -0.15) is 0 Å². The Balaban J connectivity index is 1.37. The van der Waals surface area contributed by atoms with Crippen molar-refractivity contribution in [3.8, 4) is 0 Å². The van der Waals surface area contributed by atoms with Crippen LogP contribution in [-0.2, 0) is 24.4 Å². The summed E-state index contributed by atoms with van der Waals surface area (Å²) >= 11 is 5.82. The highest BCUT2D eigenvalue weighted by molar-refractivity contribution is 7.92. The number of hydrogen-bond acceptors (Lipinski definition) is 5. The van der Waals surface area contributed by atoms with Gasteiger partial charge in [-0.15, -0.1) is 0 Å². The maximum Gasteiger partial charge on any atom is 0.261 e. The summed E-state index contributed by atoms with van der Waals surface area (Å²) in [7, 11) is -3.88. The summed E-state index contributed by atoms with van der Waals surface area (Å²) in [5.41, 5.74) is 0.639. The zero-order chi connectivity index (χ0) is 23.6. The Kier molecular flexibility index (Phi) is 6.53. The lowest BCUT2D eigenvalue weighted by molar-refractivity contribution is -0.140. The third-order valence-electron chi connectivity index (χ3n) is 5.69. The largest absolute Gasteiger partial charge is 0.326 e. The van der Waals surface area contributed by atoms with Crippen molar-refractivity contribution in [1.82, 2.24) is 4.90 Å². The maximum atomic E-state index is 12.7. The average molecular weight is 488 g/mol. The highest BCUT2D eigenvalue weighted by Gasteiger charge is 2.46. The highest BCUT2D eigenvalue weighted by Crippen LogP contribution is 2.35. The van der Waals surface area contributed by atoms with E-state index in [1.807, 2.05) is 12.2 Å². The molecule has 10 heteroatoms. The second-order valence-electron chi connectivity index (χ2n) is 7.92. The number of nitrogens with zero attached hydrogens (tertiary/aromatic N) is 1. The summed E-state index contributed by atoms with van der Waals surface area (Å²) in [6, 6.07) is 12.0. The monoisotopic (exact) mass is 487 g/mol. The molecule has 2 aromatic rings. The first-order valence-electron chi connectivity index (χ1n) is 10.4. The Morgan fingerprint density at radius 2 is 1.61 bits per heavy atom. The van der Waals surface area contributed by atoms with Crippen molar-refractivity contribution in [2.75, 3.05) is 16.6 Å². The van der Waals surface area contributed by atoms with Crippen molar-refractivity contribution >= 4 is 50.7 Å². The van der Waals surface area contributed by atoms with Crippen LogP contribution in [0.4, 0.5) is 11.4 Å². The van der Waals surface area contributed by atoms with E-state index in [2.05, 4.69) is 10.0 Å². The van der Waals surface area contributed by atoms with E-state index >= 15 is 0 Å². The lowest BCUT2D eigenvalue weighted by Gasteiger charge is -2.15. The van der Waals surface area contributed by atoms with Crippen LogP contribution in [0.1, 0.15) is 19.3 Å². The summed E-state index contributed by atoms with van der Waals surface area (Å²) in [5.74, 6) is -1.56. The third kappa shape index (κ3) is 5.09. The van der Waals surface area contributed by atoms with Crippen molar-refractivity contribution in [3.63, 3.8) is 0 Å². The van der Waals surface area contributed by atoms with Crippen LogP contribution in [0.25, 0.3) is 0 Å². The van der Waals surface area contributed by atoms with Crippen molar-refractivity contribution in [2.45, 2.75) is 24.2 Å². The van der Waals surface area contributed by atoms with Crippen LogP contribution in [0.2, 0.25) is 5.02 Å². The summed E-state index contributed by atoms with van der Waals surface area (Å²) < 4.78 is 27.8. The molecule has 2 atom stereocenters. The molecule has 1 fully saturated rings. The predicted octanol–water partition coefficient (Wildman–Crippen LogP) is 3.42. The fraction of sp³-hybridized carbons (Fsp3) is 0.261. The first kappa shape index (κ1) is 23.0. The van der Waals surface area contributed by atoms with Gasteiger partial charge in [-0.25, -0.2) is 8.42 Å². The molecule has 172 valence electrons. The highest BCUT2D eigenvalue weighted by atomic mass is 35.5. The van der Waals surface area contributed by atoms with E-state index in [0.717, 1.165) is 0 Å². The van der Waals surface area contributed by atoms with Gasteiger partial charge in [0.1, 0.15) is 0 Å². The number of anilines is 2. The number of rotatable bonds is 7. The molecule has 2 aliphatic rings. The van der Waals surface area contributed by atoms with E-state index in [9.17, 15) is 22.8 Å². The second-order valence-corrected chi connectivity index (χ2v) is 10.0. The van der Waals surface area contributed by atoms with Gasteiger partial charge in [-0.3, -0.25) is 24.0 Å². The molecular weight excluding hydrogens is 466 g/mol. The number of amides is 3. The first-order chi connectivity index (χ1) is 15.7. The number of allylic oxidation sites excluding steroid dienone is 2. The number of imide groups is 1. The molecule has 1 saturated heterocycles. The summed E-state index contributed by atoms with van der Waals surface area (Å²) in [6.07, 6.45) is 4.83. The summed E-state index contributed by atoms with van der Waals surface area (Å²) in [4.78, 5) is 38.6. The quantitative estimate of drug-likeness (QED) is 0.459. The molecule has 3 amide bonds. The minimum absolute atomic E-state index is 0.00733. The Morgan fingerprint density at radius 3 is 2.24 bits per heavy atom. The van der Waals surface area contributed by atoms with Crippen molar-refractivity contribution in [1.29, 1.82) is 0 Å². The lowest BCUT2D eigenvalue weighted by atomic mass is 9.85.